The van der Waals surface area contributed by atoms with Gasteiger partial charge in [-0.15, -0.1) is 0 Å². The molecule has 2 nitrogen and oxygen atoms in total. The first-order valence-corrected chi connectivity index (χ1v) is 7.49. The molecule has 19 heavy (non-hydrogen) atoms. The minimum Gasteiger partial charge on any atom is -0.314 e. The predicted molar refractivity (Wildman–Crippen MR) is 81.1 cm³/mol. The molecule has 1 saturated carbocycles. The number of aromatic nitrogens is 1. The molecule has 1 N–H and O–H groups in total. The van der Waals surface area contributed by atoms with Crippen LogP contribution in [0.1, 0.15) is 52.5 Å². The van der Waals surface area contributed by atoms with Crippen LogP contribution in [0, 0.1) is 10.8 Å². The molecular weight excluding hydrogens is 232 g/mol. The smallest absolute Gasteiger partial charge is 0.0270 e. The third-order valence-corrected chi connectivity index (χ3v) is 4.15. The molecule has 1 aliphatic carbocycles. The van der Waals surface area contributed by atoms with Crippen molar-refractivity contribution in [1.29, 1.82) is 0 Å². The second-order valence-corrected chi connectivity index (χ2v) is 7.67. The highest BCUT2D eigenvalue weighted by Crippen LogP contribution is 2.45. The Morgan fingerprint density at radius 2 is 1.68 bits per heavy atom. The number of nitrogens with one attached hydrogen (secondary N) is 1. The van der Waals surface area contributed by atoms with E-state index in [4.69, 9.17) is 0 Å². The van der Waals surface area contributed by atoms with Crippen LogP contribution in [0.5, 0.6) is 0 Å². The van der Waals surface area contributed by atoms with Gasteiger partial charge in [-0.3, -0.25) is 4.98 Å². The van der Waals surface area contributed by atoms with Crippen molar-refractivity contribution in [2.75, 3.05) is 6.54 Å². The Balaban J connectivity index is 1.82. The maximum atomic E-state index is 4.06. The van der Waals surface area contributed by atoms with Crippen molar-refractivity contribution in [2.45, 2.75) is 59.4 Å². The van der Waals surface area contributed by atoms with Crippen LogP contribution in [0.4, 0.5) is 0 Å². The van der Waals surface area contributed by atoms with Gasteiger partial charge in [0, 0.05) is 18.4 Å². The van der Waals surface area contributed by atoms with Crippen molar-refractivity contribution in [3.05, 3.63) is 30.1 Å². The number of rotatable bonds is 4. The Morgan fingerprint density at radius 1 is 1.11 bits per heavy atom. The third kappa shape index (κ3) is 4.61. The van der Waals surface area contributed by atoms with E-state index in [1.807, 2.05) is 12.4 Å². The largest absolute Gasteiger partial charge is 0.314 e. The van der Waals surface area contributed by atoms with Gasteiger partial charge in [0.05, 0.1) is 0 Å². The molecule has 0 spiro atoms. The fourth-order valence-electron chi connectivity index (χ4n) is 3.96. The fraction of sp³-hybridized carbons (Fsp3) is 0.706. The molecule has 0 aliphatic heterocycles. The van der Waals surface area contributed by atoms with Crippen molar-refractivity contribution >= 4 is 0 Å². The van der Waals surface area contributed by atoms with E-state index in [0.29, 0.717) is 16.9 Å². The minimum atomic E-state index is 0.468. The first kappa shape index (κ1) is 14.5. The van der Waals surface area contributed by atoms with E-state index in [1.165, 1.54) is 24.8 Å². The molecule has 0 aromatic carbocycles. The first-order valence-electron chi connectivity index (χ1n) is 7.49. The molecule has 1 aromatic rings. The maximum absolute atomic E-state index is 4.06. The summed E-state index contributed by atoms with van der Waals surface area (Å²) < 4.78 is 0. The zero-order valence-electron chi connectivity index (χ0n) is 12.9. The third-order valence-electron chi connectivity index (χ3n) is 4.15. The van der Waals surface area contributed by atoms with Crippen molar-refractivity contribution < 1.29 is 0 Å². The van der Waals surface area contributed by atoms with Crippen LogP contribution in [0.25, 0.3) is 0 Å². The number of hydrogen-bond acceptors (Lipinski definition) is 2. The van der Waals surface area contributed by atoms with Crippen LogP contribution in [-0.4, -0.2) is 17.6 Å². The lowest BCUT2D eigenvalue weighted by atomic mass is 9.63. The van der Waals surface area contributed by atoms with E-state index < -0.39 is 0 Å². The van der Waals surface area contributed by atoms with E-state index >= 15 is 0 Å². The second-order valence-electron chi connectivity index (χ2n) is 7.67. The summed E-state index contributed by atoms with van der Waals surface area (Å²) in [6.45, 7) is 10.7. The number of pyridine rings is 1. The van der Waals surface area contributed by atoms with E-state index in [2.05, 4.69) is 50.1 Å². The van der Waals surface area contributed by atoms with Gasteiger partial charge in [0.25, 0.3) is 0 Å². The van der Waals surface area contributed by atoms with E-state index in [0.717, 1.165) is 13.0 Å². The Hall–Kier alpha value is -0.890. The highest BCUT2D eigenvalue weighted by atomic mass is 14.9. The second kappa shape index (κ2) is 5.62. The molecular formula is C17H28N2. The van der Waals surface area contributed by atoms with E-state index in [1.54, 1.807) is 0 Å². The summed E-state index contributed by atoms with van der Waals surface area (Å²) in [7, 11) is 0. The van der Waals surface area contributed by atoms with Crippen LogP contribution in [0.15, 0.2) is 24.5 Å². The minimum absolute atomic E-state index is 0.468. The quantitative estimate of drug-likeness (QED) is 0.890. The van der Waals surface area contributed by atoms with Gasteiger partial charge in [-0.1, -0.05) is 27.7 Å². The monoisotopic (exact) mass is 260 g/mol. The number of nitrogens with zero attached hydrogens (tertiary/aromatic N) is 1. The van der Waals surface area contributed by atoms with Gasteiger partial charge < -0.3 is 5.32 Å². The maximum Gasteiger partial charge on any atom is 0.0270 e. The standard InChI is InChI=1S/C17H28N2/c1-16(2)11-15(12-17(3,4)13-16)19-10-7-14-5-8-18-9-6-14/h5-6,8-9,15,19H,7,10-13H2,1-4H3. The molecule has 1 aliphatic rings. The molecule has 1 fully saturated rings. The van der Waals surface area contributed by atoms with Gasteiger partial charge in [0.1, 0.15) is 0 Å². The summed E-state index contributed by atoms with van der Waals surface area (Å²) in [5.74, 6) is 0. The van der Waals surface area contributed by atoms with Gasteiger partial charge >= 0.3 is 0 Å². The molecule has 1 aromatic heterocycles. The predicted octanol–water partition coefficient (Wildman–Crippen LogP) is 3.82. The fourth-order valence-corrected chi connectivity index (χ4v) is 3.96. The molecule has 2 rings (SSSR count). The summed E-state index contributed by atoms with van der Waals surface area (Å²) in [6.07, 6.45) is 8.78. The molecule has 0 unspecified atom stereocenters. The van der Waals surface area contributed by atoms with Crippen molar-refractivity contribution in [2.24, 2.45) is 10.8 Å². The molecule has 106 valence electrons. The lowest BCUT2D eigenvalue weighted by Gasteiger charge is -2.45. The normalized spacial score (nSPS) is 22.3. The van der Waals surface area contributed by atoms with Crippen LogP contribution in [-0.2, 0) is 6.42 Å². The van der Waals surface area contributed by atoms with Gasteiger partial charge in [-0.25, -0.2) is 0 Å². The van der Waals surface area contributed by atoms with Crippen molar-refractivity contribution in [1.82, 2.24) is 10.3 Å². The summed E-state index contributed by atoms with van der Waals surface area (Å²) in [4.78, 5) is 4.06. The summed E-state index contributed by atoms with van der Waals surface area (Å²) in [5, 5.41) is 3.76. The van der Waals surface area contributed by atoms with E-state index in [9.17, 15) is 0 Å². The lowest BCUT2D eigenvalue weighted by molar-refractivity contribution is 0.0854. The van der Waals surface area contributed by atoms with Crippen molar-refractivity contribution in [3.63, 3.8) is 0 Å². The zero-order chi connectivity index (χ0) is 13.9. The molecule has 1 heterocycles. The Morgan fingerprint density at radius 3 is 2.26 bits per heavy atom. The topological polar surface area (TPSA) is 24.9 Å². The highest BCUT2D eigenvalue weighted by Gasteiger charge is 2.37. The molecule has 0 radical (unpaired) electrons. The highest BCUT2D eigenvalue weighted by molar-refractivity contribution is 5.10. The van der Waals surface area contributed by atoms with Crippen LogP contribution < -0.4 is 5.32 Å². The molecule has 2 heteroatoms. The summed E-state index contributed by atoms with van der Waals surface area (Å²) >= 11 is 0. The summed E-state index contributed by atoms with van der Waals surface area (Å²) in [6, 6.07) is 4.88. The first-order chi connectivity index (χ1) is 8.86. The average molecular weight is 260 g/mol. The molecule has 0 amide bonds. The van der Waals surface area contributed by atoms with Crippen LogP contribution in [0.3, 0.4) is 0 Å². The van der Waals surface area contributed by atoms with Gasteiger partial charge in [0.2, 0.25) is 0 Å². The SMILES string of the molecule is CC1(C)CC(NCCc2ccncc2)CC(C)(C)C1. The van der Waals surface area contributed by atoms with E-state index in [-0.39, 0.29) is 0 Å². The van der Waals surface area contributed by atoms with Gasteiger partial charge in [0.15, 0.2) is 0 Å². The average Bonchev–Trinajstić information content (AvgIpc) is 2.26. The summed E-state index contributed by atoms with van der Waals surface area (Å²) in [5.41, 5.74) is 2.31. The molecule has 0 saturated heterocycles. The van der Waals surface area contributed by atoms with Crippen LogP contribution in [0.2, 0.25) is 0 Å². The van der Waals surface area contributed by atoms with Crippen LogP contribution >= 0.6 is 0 Å². The zero-order valence-corrected chi connectivity index (χ0v) is 12.9. The van der Waals surface area contributed by atoms with Gasteiger partial charge in [-0.2, -0.15) is 0 Å². The Labute approximate surface area is 118 Å². The molecule has 0 atom stereocenters. The Kier molecular flexibility index (Phi) is 4.29. The molecule has 0 bridgehead atoms. The Bertz CT molecular complexity index is 379. The number of hydrogen-bond donors (Lipinski definition) is 1. The van der Waals surface area contributed by atoms with Crippen molar-refractivity contribution in [3.8, 4) is 0 Å². The van der Waals surface area contributed by atoms with Gasteiger partial charge in [-0.05, 0) is 60.8 Å². The lowest BCUT2D eigenvalue weighted by Crippen LogP contribution is -2.44.